The highest BCUT2D eigenvalue weighted by Crippen LogP contribution is 2.22. The van der Waals surface area contributed by atoms with E-state index < -0.39 is 0 Å². The molecule has 1 aliphatic heterocycles. The average molecular weight is 229 g/mol. The zero-order valence-corrected chi connectivity index (χ0v) is 9.61. The van der Waals surface area contributed by atoms with Crippen LogP contribution in [0.4, 0.5) is 5.95 Å². The molecule has 5 heteroatoms. The van der Waals surface area contributed by atoms with Crippen LogP contribution in [0.25, 0.3) is 0 Å². The van der Waals surface area contributed by atoms with E-state index in [1.807, 2.05) is 29.2 Å². The number of hydrogen-bond donors (Lipinski definition) is 0. The number of nitrogens with zero attached hydrogens (tertiary/aromatic N) is 5. The molecule has 88 valence electrons. The summed E-state index contributed by atoms with van der Waals surface area (Å²) in [5.74, 6) is 0.823. The van der Waals surface area contributed by atoms with Crippen LogP contribution >= 0.6 is 0 Å². The van der Waals surface area contributed by atoms with Gasteiger partial charge in [-0.25, -0.2) is 9.97 Å². The summed E-state index contributed by atoms with van der Waals surface area (Å²) in [6.07, 6.45) is 9.77. The third-order valence-electron chi connectivity index (χ3n) is 3.13. The minimum atomic E-state index is 0.433. The van der Waals surface area contributed by atoms with Gasteiger partial charge in [-0.2, -0.15) is 5.10 Å². The fraction of sp³-hybridized carbons (Fsp3) is 0.417. The van der Waals surface area contributed by atoms with Crippen molar-refractivity contribution >= 4 is 5.95 Å². The second kappa shape index (κ2) is 4.53. The largest absolute Gasteiger partial charge is 0.339 e. The molecule has 0 spiro atoms. The van der Waals surface area contributed by atoms with Crippen molar-refractivity contribution < 1.29 is 0 Å². The molecule has 5 nitrogen and oxygen atoms in total. The zero-order chi connectivity index (χ0) is 11.5. The van der Waals surface area contributed by atoms with Gasteiger partial charge in [-0.05, 0) is 25.0 Å². The Morgan fingerprint density at radius 1 is 1.12 bits per heavy atom. The second-order valence-electron chi connectivity index (χ2n) is 4.28. The van der Waals surface area contributed by atoms with E-state index in [1.165, 1.54) is 6.42 Å². The first-order chi connectivity index (χ1) is 8.43. The minimum Gasteiger partial charge on any atom is -0.339 e. The Kier molecular flexibility index (Phi) is 2.73. The van der Waals surface area contributed by atoms with Gasteiger partial charge in [-0.1, -0.05) is 0 Å². The highest BCUT2D eigenvalue weighted by atomic mass is 15.3. The maximum absolute atomic E-state index is 4.32. The Bertz CT molecular complexity index is 453. The molecule has 0 aromatic carbocycles. The maximum Gasteiger partial charge on any atom is 0.225 e. The third kappa shape index (κ3) is 2.13. The molecule has 0 N–H and O–H groups in total. The molecule has 3 rings (SSSR count). The number of piperidine rings is 1. The first kappa shape index (κ1) is 10.3. The summed E-state index contributed by atoms with van der Waals surface area (Å²) in [6.45, 7) is 1.97. The van der Waals surface area contributed by atoms with Crippen LogP contribution in [0.15, 0.2) is 36.9 Å². The number of hydrogen-bond acceptors (Lipinski definition) is 4. The summed E-state index contributed by atoms with van der Waals surface area (Å²) in [7, 11) is 0. The van der Waals surface area contributed by atoms with Crippen LogP contribution in [0.3, 0.4) is 0 Å². The normalized spacial score (nSPS) is 20.5. The number of rotatable bonds is 2. The Morgan fingerprint density at radius 3 is 2.76 bits per heavy atom. The first-order valence-electron chi connectivity index (χ1n) is 5.94. The molecule has 3 heterocycles. The van der Waals surface area contributed by atoms with Gasteiger partial charge in [-0.3, -0.25) is 4.68 Å². The molecule has 0 radical (unpaired) electrons. The van der Waals surface area contributed by atoms with Crippen LogP contribution in [-0.2, 0) is 0 Å². The molecular weight excluding hydrogens is 214 g/mol. The van der Waals surface area contributed by atoms with Gasteiger partial charge in [0.2, 0.25) is 5.95 Å². The molecule has 1 saturated heterocycles. The Balaban J connectivity index is 1.76. The van der Waals surface area contributed by atoms with Crippen LogP contribution in [0, 0.1) is 0 Å². The molecule has 1 unspecified atom stereocenters. The van der Waals surface area contributed by atoms with E-state index in [9.17, 15) is 0 Å². The van der Waals surface area contributed by atoms with E-state index in [1.54, 1.807) is 12.4 Å². The lowest BCUT2D eigenvalue weighted by atomic mass is 10.1. The molecule has 1 atom stereocenters. The summed E-state index contributed by atoms with van der Waals surface area (Å²) in [5.41, 5.74) is 0. The lowest BCUT2D eigenvalue weighted by molar-refractivity contribution is 0.373. The zero-order valence-electron chi connectivity index (χ0n) is 9.61. The van der Waals surface area contributed by atoms with E-state index >= 15 is 0 Å². The fourth-order valence-corrected chi connectivity index (χ4v) is 2.30. The van der Waals surface area contributed by atoms with Crippen LogP contribution in [0.1, 0.15) is 18.9 Å². The summed E-state index contributed by atoms with van der Waals surface area (Å²) in [6, 6.07) is 4.25. The lowest BCUT2D eigenvalue weighted by Crippen LogP contribution is -2.37. The molecule has 0 bridgehead atoms. The predicted molar refractivity (Wildman–Crippen MR) is 64.7 cm³/mol. The van der Waals surface area contributed by atoms with E-state index in [0.29, 0.717) is 6.04 Å². The number of aromatic nitrogens is 4. The van der Waals surface area contributed by atoms with E-state index in [2.05, 4.69) is 20.0 Å². The van der Waals surface area contributed by atoms with Gasteiger partial charge in [0.25, 0.3) is 0 Å². The average Bonchev–Trinajstić information content (AvgIpc) is 2.94. The second-order valence-corrected chi connectivity index (χ2v) is 4.28. The molecule has 0 aliphatic carbocycles. The summed E-state index contributed by atoms with van der Waals surface area (Å²) < 4.78 is 2.04. The smallest absolute Gasteiger partial charge is 0.225 e. The fourth-order valence-electron chi connectivity index (χ4n) is 2.30. The van der Waals surface area contributed by atoms with E-state index in [0.717, 1.165) is 25.5 Å². The van der Waals surface area contributed by atoms with Gasteiger partial charge in [-0.15, -0.1) is 0 Å². The molecule has 2 aromatic rings. The molecule has 0 amide bonds. The number of anilines is 1. The molecule has 1 fully saturated rings. The van der Waals surface area contributed by atoms with Crippen LogP contribution in [0.2, 0.25) is 0 Å². The van der Waals surface area contributed by atoms with Crippen molar-refractivity contribution in [2.24, 2.45) is 0 Å². The van der Waals surface area contributed by atoms with Crippen molar-refractivity contribution in [2.75, 3.05) is 18.0 Å². The van der Waals surface area contributed by atoms with Gasteiger partial charge < -0.3 is 4.90 Å². The highest BCUT2D eigenvalue weighted by Gasteiger charge is 2.22. The molecule has 2 aromatic heterocycles. The topological polar surface area (TPSA) is 46.8 Å². The van der Waals surface area contributed by atoms with E-state index in [-0.39, 0.29) is 0 Å². The van der Waals surface area contributed by atoms with Gasteiger partial charge >= 0.3 is 0 Å². The van der Waals surface area contributed by atoms with Crippen LogP contribution < -0.4 is 4.90 Å². The Morgan fingerprint density at radius 2 is 2.00 bits per heavy atom. The van der Waals surface area contributed by atoms with Gasteiger partial charge in [0.15, 0.2) is 0 Å². The first-order valence-corrected chi connectivity index (χ1v) is 5.94. The van der Waals surface area contributed by atoms with E-state index in [4.69, 9.17) is 0 Å². The summed E-state index contributed by atoms with van der Waals surface area (Å²) >= 11 is 0. The lowest BCUT2D eigenvalue weighted by Gasteiger charge is -2.32. The Hall–Kier alpha value is -1.91. The van der Waals surface area contributed by atoms with Gasteiger partial charge in [0.1, 0.15) is 0 Å². The molecule has 0 saturated carbocycles. The van der Waals surface area contributed by atoms with Crippen LogP contribution in [-0.4, -0.2) is 32.8 Å². The van der Waals surface area contributed by atoms with Crippen molar-refractivity contribution in [1.29, 1.82) is 0 Å². The minimum absolute atomic E-state index is 0.433. The Labute approximate surface area is 100 Å². The monoisotopic (exact) mass is 229 g/mol. The van der Waals surface area contributed by atoms with Gasteiger partial charge in [0, 0.05) is 37.9 Å². The summed E-state index contributed by atoms with van der Waals surface area (Å²) in [4.78, 5) is 10.8. The molecule has 17 heavy (non-hydrogen) atoms. The van der Waals surface area contributed by atoms with Crippen LogP contribution in [0.5, 0.6) is 0 Å². The van der Waals surface area contributed by atoms with Crippen molar-refractivity contribution in [2.45, 2.75) is 18.9 Å². The third-order valence-corrected chi connectivity index (χ3v) is 3.13. The van der Waals surface area contributed by atoms with Crippen molar-refractivity contribution in [3.05, 3.63) is 36.9 Å². The van der Waals surface area contributed by atoms with Crippen molar-refractivity contribution in [3.8, 4) is 0 Å². The standard InChI is InChI=1S/C12H15N5/c1-4-11(17-9-3-7-15-17)10-16(8-1)12-13-5-2-6-14-12/h2-3,5-7,9,11H,1,4,8,10H2. The molecule has 1 aliphatic rings. The quantitative estimate of drug-likeness (QED) is 0.783. The SMILES string of the molecule is c1cnc(N2CCCC(n3cccn3)C2)nc1. The molecular formula is C12H15N5. The van der Waals surface area contributed by atoms with Gasteiger partial charge in [0.05, 0.1) is 6.04 Å². The maximum atomic E-state index is 4.32. The predicted octanol–water partition coefficient (Wildman–Crippen LogP) is 1.51. The highest BCUT2D eigenvalue weighted by molar-refractivity contribution is 5.29. The van der Waals surface area contributed by atoms with Crippen molar-refractivity contribution in [1.82, 2.24) is 19.7 Å². The summed E-state index contributed by atoms with van der Waals surface area (Å²) in [5, 5.41) is 4.32. The van der Waals surface area contributed by atoms with Crippen molar-refractivity contribution in [3.63, 3.8) is 0 Å².